The summed E-state index contributed by atoms with van der Waals surface area (Å²) in [5.41, 5.74) is 1.08. The summed E-state index contributed by atoms with van der Waals surface area (Å²) in [7, 11) is 0. The number of rotatable bonds is 6. The van der Waals surface area contributed by atoms with Gasteiger partial charge in [-0.1, -0.05) is 0 Å². The van der Waals surface area contributed by atoms with Gasteiger partial charge in [0.2, 0.25) is 11.6 Å². The minimum absolute atomic E-state index is 0.256. The zero-order chi connectivity index (χ0) is 23.0. The van der Waals surface area contributed by atoms with Crippen molar-refractivity contribution in [2.24, 2.45) is 0 Å². The average Bonchev–Trinajstić information content (AvgIpc) is 3.42. The number of ketones is 1. The lowest BCUT2D eigenvalue weighted by Gasteiger charge is -2.45. The lowest BCUT2D eigenvalue weighted by atomic mass is 9.91. The van der Waals surface area contributed by atoms with E-state index in [9.17, 15) is 30.3 Å². The molecule has 0 bridgehead atoms. The first-order chi connectivity index (χ1) is 15.2. The van der Waals surface area contributed by atoms with E-state index < -0.39 is 36.8 Å². The monoisotopic (exact) mass is 480 g/mol. The van der Waals surface area contributed by atoms with Gasteiger partial charge >= 0.3 is 0 Å². The maximum Gasteiger partial charge on any atom is 0.216 e. The molecule has 1 aliphatic heterocycles. The third-order valence-electron chi connectivity index (χ3n) is 5.02. The van der Waals surface area contributed by atoms with Gasteiger partial charge < -0.3 is 30.3 Å². The predicted molar refractivity (Wildman–Crippen MR) is 112 cm³/mol. The number of aliphatic hydroxyl groups is 5. The van der Waals surface area contributed by atoms with Crippen LogP contribution in [0.25, 0.3) is 10.7 Å². The van der Waals surface area contributed by atoms with Crippen molar-refractivity contribution in [3.8, 4) is 10.7 Å². The summed E-state index contributed by atoms with van der Waals surface area (Å²) in [6.45, 7) is 1.04. The fourth-order valence-electron chi connectivity index (χ4n) is 3.32. The van der Waals surface area contributed by atoms with Crippen LogP contribution in [0.1, 0.15) is 25.3 Å². The Hall–Kier alpha value is -2.23. The van der Waals surface area contributed by atoms with Gasteiger partial charge in [0.1, 0.15) is 35.1 Å². The number of carbonyl (C=O) groups excluding carboxylic acids is 1. The summed E-state index contributed by atoms with van der Waals surface area (Å²) in [4.78, 5) is 30.4. The summed E-state index contributed by atoms with van der Waals surface area (Å²) < 4.78 is 5.25. The molecule has 0 spiro atoms. The fourth-order valence-corrected chi connectivity index (χ4v) is 5.30. The lowest BCUT2D eigenvalue weighted by molar-refractivity contribution is -0.348. The Morgan fingerprint density at radius 3 is 2.62 bits per heavy atom. The zero-order valence-electron chi connectivity index (χ0n) is 16.7. The standard InChI is InChI=1S/C19H20N4O7S2/c1-8-16(32-18(23-8)9-5-20-2-3-21-9)14(26)11-6-22-12(31-11)4-19(29)17(28)15(27)13(25)10(7-24)30-19/h2-3,5-6,10,13,15,17,24-25,27-29H,4,7H2,1H3/t10-,13-,15+,17+,19+/m1/s1. The first kappa shape index (κ1) is 22.9. The minimum Gasteiger partial charge on any atom is -0.394 e. The molecule has 5 N–H and O–H groups in total. The molecule has 0 aliphatic carbocycles. The highest BCUT2D eigenvalue weighted by Crippen LogP contribution is 2.33. The second-order valence-corrected chi connectivity index (χ2v) is 9.37. The minimum atomic E-state index is -2.30. The maximum absolute atomic E-state index is 13.0. The zero-order valence-corrected chi connectivity index (χ0v) is 18.3. The summed E-state index contributed by atoms with van der Waals surface area (Å²) in [6, 6.07) is 0. The van der Waals surface area contributed by atoms with E-state index in [2.05, 4.69) is 19.9 Å². The van der Waals surface area contributed by atoms with Gasteiger partial charge in [-0.25, -0.2) is 9.97 Å². The number of aromatic nitrogens is 4. The van der Waals surface area contributed by atoms with E-state index in [0.717, 1.165) is 11.3 Å². The summed E-state index contributed by atoms with van der Waals surface area (Å²) in [5.74, 6) is -2.61. The van der Waals surface area contributed by atoms with E-state index in [0.29, 0.717) is 21.3 Å². The molecular weight excluding hydrogens is 460 g/mol. The molecule has 0 saturated carbocycles. The molecule has 0 unspecified atom stereocenters. The van der Waals surface area contributed by atoms with Crippen molar-refractivity contribution in [1.29, 1.82) is 0 Å². The van der Waals surface area contributed by atoms with Gasteiger partial charge in [-0.2, -0.15) is 0 Å². The second kappa shape index (κ2) is 8.96. The van der Waals surface area contributed by atoms with Gasteiger partial charge in [-0.05, 0) is 6.92 Å². The number of thiazole rings is 2. The second-order valence-electron chi connectivity index (χ2n) is 7.26. The molecule has 13 heteroatoms. The Morgan fingerprint density at radius 2 is 1.94 bits per heavy atom. The Labute approximate surface area is 189 Å². The van der Waals surface area contributed by atoms with E-state index >= 15 is 0 Å². The Morgan fingerprint density at radius 1 is 1.16 bits per heavy atom. The molecule has 1 aliphatic rings. The van der Waals surface area contributed by atoms with Crippen LogP contribution in [0.15, 0.2) is 24.8 Å². The van der Waals surface area contributed by atoms with Crippen molar-refractivity contribution < 1.29 is 35.1 Å². The van der Waals surface area contributed by atoms with Gasteiger partial charge in [0.25, 0.3) is 0 Å². The molecule has 1 fully saturated rings. The van der Waals surface area contributed by atoms with Crippen LogP contribution in [0.4, 0.5) is 0 Å². The quantitative estimate of drug-likeness (QED) is 0.282. The van der Waals surface area contributed by atoms with Crippen LogP contribution < -0.4 is 0 Å². The third-order valence-corrected chi connectivity index (χ3v) is 7.19. The highest BCUT2D eigenvalue weighted by Gasteiger charge is 2.52. The van der Waals surface area contributed by atoms with Gasteiger partial charge in [0.15, 0.2) is 0 Å². The number of hydrogen-bond acceptors (Lipinski definition) is 13. The first-order valence-electron chi connectivity index (χ1n) is 9.52. The number of hydrogen-bond donors (Lipinski definition) is 5. The van der Waals surface area contributed by atoms with Crippen molar-refractivity contribution in [3.63, 3.8) is 0 Å². The molecule has 170 valence electrons. The van der Waals surface area contributed by atoms with Gasteiger partial charge in [-0.15, -0.1) is 22.7 Å². The van der Waals surface area contributed by atoms with Crippen molar-refractivity contribution in [1.82, 2.24) is 19.9 Å². The van der Waals surface area contributed by atoms with Crippen LogP contribution in [0, 0.1) is 6.92 Å². The van der Waals surface area contributed by atoms with E-state index in [1.807, 2.05) is 0 Å². The molecule has 11 nitrogen and oxygen atoms in total. The molecule has 0 amide bonds. The van der Waals surface area contributed by atoms with Gasteiger partial charge in [0.05, 0.1) is 39.7 Å². The number of nitrogens with zero attached hydrogens (tertiary/aromatic N) is 4. The number of ether oxygens (including phenoxy) is 1. The molecule has 4 rings (SSSR count). The maximum atomic E-state index is 13.0. The van der Waals surface area contributed by atoms with E-state index in [1.165, 1.54) is 29.9 Å². The Kier molecular flexibility index (Phi) is 6.42. The molecule has 32 heavy (non-hydrogen) atoms. The van der Waals surface area contributed by atoms with Crippen LogP contribution in [0.3, 0.4) is 0 Å². The summed E-state index contributed by atoms with van der Waals surface area (Å²) >= 11 is 2.16. The fraction of sp³-hybridized carbons (Fsp3) is 0.421. The Balaban J connectivity index is 1.54. The van der Waals surface area contributed by atoms with Gasteiger partial charge in [0, 0.05) is 18.6 Å². The van der Waals surface area contributed by atoms with E-state index in [1.54, 1.807) is 13.1 Å². The van der Waals surface area contributed by atoms with Crippen molar-refractivity contribution in [2.45, 2.75) is 43.5 Å². The smallest absolute Gasteiger partial charge is 0.216 e. The third kappa shape index (κ3) is 4.21. The first-order valence-corrected chi connectivity index (χ1v) is 11.1. The van der Waals surface area contributed by atoms with E-state index in [4.69, 9.17) is 4.74 Å². The SMILES string of the molecule is Cc1nc(-c2cnccn2)sc1C(=O)c1cnc(C[C@]2(O)O[C@H](CO)[C@@H](O)[C@H](O)[C@@H]2O)s1. The molecular formula is C19H20N4O7S2. The largest absolute Gasteiger partial charge is 0.394 e. The molecule has 0 aromatic carbocycles. The van der Waals surface area contributed by atoms with Gasteiger partial charge in [-0.3, -0.25) is 14.8 Å². The van der Waals surface area contributed by atoms with Crippen molar-refractivity contribution in [2.75, 3.05) is 6.61 Å². The molecule has 3 aromatic rings. The molecule has 5 atom stereocenters. The summed E-state index contributed by atoms with van der Waals surface area (Å²) in [5, 5.41) is 50.9. The Bertz CT molecular complexity index is 1110. The van der Waals surface area contributed by atoms with Crippen LogP contribution in [0.2, 0.25) is 0 Å². The van der Waals surface area contributed by atoms with Crippen molar-refractivity contribution in [3.05, 3.63) is 45.2 Å². The normalized spacial score (nSPS) is 28.1. The van der Waals surface area contributed by atoms with Crippen LogP contribution >= 0.6 is 22.7 Å². The summed E-state index contributed by atoms with van der Waals surface area (Å²) in [6.07, 6.45) is -0.826. The van der Waals surface area contributed by atoms with Crippen LogP contribution in [-0.2, 0) is 11.2 Å². The molecule has 3 aromatic heterocycles. The molecule has 0 radical (unpaired) electrons. The molecule has 1 saturated heterocycles. The number of carbonyl (C=O) groups is 1. The van der Waals surface area contributed by atoms with Crippen LogP contribution in [-0.4, -0.2) is 88.1 Å². The average molecular weight is 481 g/mol. The van der Waals surface area contributed by atoms with Crippen molar-refractivity contribution >= 4 is 28.5 Å². The number of aliphatic hydroxyl groups excluding tert-OH is 4. The molecule has 4 heterocycles. The van der Waals surface area contributed by atoms with E-state index in [-0.39, 0.29) is 22.1 Å². The highest BCUT2D eigenvalue weighted by atomic mass is 32.1. The predicted octanol–water partition coefficient (Wildman–Crippen LogP) is -0.699. The number of aryl methyl sites for hydroxylation is 1. The highest BCUT2D eigenvalue weighted by molar-refractivity contribution is 7.19. The van der Waals surface area contributed by atoms with Crippen LogP contribution in [0.5, 0.6) is 0 Å². The topological polar surface area (TPSA) is 179 Å². The lowest BCUT2D eigenvalue weighted by Crippen LogP contribution is -2.65.